The normalized spacial score (nSPS) is 13.2. The lowest BCUT2D eigenvalue weighted by atomic mass is 10.1. The van der Waals surface area contributed by atoms with Crippen molar-refractivity contribution in [3.05, 3.63) is 56.9 Å². The molecule has 0 atom stereocenters. The quantitative estimate of drug-likeness (QED) is 0.726. The Morgan fingerprint density at radius 2 is 2.18 bits per heavy atom. The van der Waals surface area contributed by atoms with Gasteiger partial charge in [-0.2, -0.15) is 0 Å². The van der Waals surface area contributed by atoms with Crippen molar-refractivity contribution in [2.45, 2.75) is 19.9 Å². The number of hydrogen-bond acceptors (Lipinski definition) is 7. The first kappa shape index (κ1) is 18.2. The van der Waals surface area contributed by atoms with Crippen molar-refractivity contribution < 1.29 is 18.7 Å². The van der Waals surface area contributed by atoms with Gasteiger partial charge in [0.25, 0.3) is 5.91 Å². The fourth-order valence-corrected chi connectivity index (χ4v) is 4.05. The number of rotatable bonds is 3. The summed E-state index contributed by atoms with van der Waals surface area (Å²) in [5.41, 5.74) is 0.984. The van der Waals surface area contributed by atoms with Gasteiger partial charge in [-0.25, -0.2) is 9.78 Å². The Morgan fingerprint density at radius 1 is 1.36 bits per heavy atom. The van der Waals surface area contributed by atoms with E-state index in [2.05, 4.69) is 10.3 Å². The van der Waals surface area contributed by atoms with Crippen LogP contribution in [0, 0.1) is 0 Å². The number of hydrogen-bond donors (Lipinski definition) is 1. The van der Waals surface area contributed by atoms with Crippen molar-refractivity contribution in [2.75, 3.05) is 18.5 Å². The van der Waals surface area contributed by atoms with Gasteiger partial charge in [0.1, 0.15) is 5.58 Å². The number of aromatic nitrogens is 1. The number of fused-ring (bicyclic) bond motifs is 2. The molecule has 2 aromatic heterocycles. The third-order valence-electron chi connectivity index (χ3n) is 4.35. The van der Waals surface area contributed by atoms with Gasteiger partial charge in [0.15, 0.2) is 16.3 Å². The Hall–Kier alpha value is -3.20. The van der Waals surface area contributed by atoms with Crippen molar-refractivity contribution in [3.8, 4) is 0 Å². The average molecular weight is 399 g/mol. The van der Waals surface area contributed by atoms with E-state index in [4.69, 9.17) is 9.15 Å². The molecule has 0 radical (unpaired) electrons. The molecule has 0 bridgehead atoms. The van der Waals surface area contributed by atoms with E-state index in [1.807, 2.05) is 0 Å². The summed E-state index contributed by atoms with van der Waals surface area (Å²) >= 11 is 1.30. The van der Waals surface area contributed by atoms with Crippen molar-refractivity contribution in [1.29, 1.82) is 0 Å². The number of anilines is 1. The lowest BCUT2D eigenvalue weighted by Gasteiger charge is -2.25. The monoisotopic (exact) mass is 399 g/mol. The summed E-state index contributed by atoms with van der Waals surface area (Å²) in [6.07, 6.45) is -0.000599. The zero-order valence-corrected chi connectivity index (χ0v) is 15.9. The second-order valence-corrected chi connectivity index (χ2v) is 7.27. The summed E-state index contributed by atoms with van der Waals surface area (Å²) in [7, 11) is 0. The third kappa shape index (κ3) is 3.48. The van der Waals surface area contributed by atoms with E-state index in [9.17, 15) is 14.4 Å². The second kappa shape index (κ2) is 7.43. The SMILES string of the molecule is CCOC(=O)Nc1nc2c(s1)CN(C(=O)c1cc(=O)c3ccccc3o1)CC2. The molecule has 0 saturated carbocycles. The highest BCUT2D eigenvalue weighted by atomic mass is 32.1. The van der Waals surface area contributed by atoms with E-state index >= 15 is 0 Å². The van der Waals surface area contributed by atoms with Crippen molar-refractivity contribution in [1.82, 2.24) is 9.88 Å². The molecule has 1 aliphatic rings. The van der Waals surface area contributed by atoms with E-state index in [1.165, 1.54) is 17.4 Å². The number of carbonyl (C=O) groups is 2. The van der Waals surface area contributed by atoms with Crippen LogP contribution in [0.2, 0.25) is 0 Å². The molecule has 1 aromatic carbocycles. The highest BCUT2D eigenvalue weighted by molar-refractivity contribution is 7.15. The van der Waals surface area contributed by atoms with Crippen LogP contribution in [-0.2, 0) is 17.7 Å². The van der Waals surface area contributed by atoms with Crippen LogP contribution in [-0.4, -0.2) is 35.0 Å². The van der Waals surface area contributed by atoms with E-state index in [1.54, 1.807) is 36.1 Å². The lowest BCUT2D eigenvalue weighted by molar-refractivity contribution is 0.0704. The Bertz CT molecular complexity index is 1120. The minimum absolute atomic E-state index is 0.0153. The predicted octanol–water partition coefficient (Wildman–Crippen LogP) is 3.02. The summed E-state index contributed by atoms with van der Waals surface area (Å²) in [6, 6.07) is 8.07. The molecule has 1 aliphatic heterocycles. The number of thiazole rings is 1. The number of nitrogens with zero attached hydrogens (tertiary/aromatic N) is 2. The molecule has 4 rings (SSSR count). The number of nitrogens with one attached hydrogen (secondary N) is 1. The zero-order chi connectivity index (χ0) is 19.7. The largest absolute Gasteiger partial charge is 0.451 e. The number of para-hydroxylation sites is 1. The topological polar surface area (TPSA) is 102 Å². The standard InChI is InChI=1S/C19H17N3O5S/c1-2-26-19(25)21-18-20-12-7-8-22(10-16(12)28-18)17(24)15-9-13(23)11-5-3-4-6-14(11)27-15/h3-6,9H,2,7-8,10H2,1H3,(H,20,21,25). The zero-order valence-electron chi connectivity index (χ0n) is 15.1. The predicted molar refractivity (Wildman–Crippen MR) is 104 cm³/mol. The van der Waals surface area contributed by atoms with Gasteiger partial charge >= 0.3 is 6.09 Å². The maximum Gasteiger partial charge on any atom is 0.413 e. The van der Waals surface area contributed by atoms with E-state index < -0.39 is 6.09 Å². The molecule has 9 heteroatoms. The molecule has 0 spiro atoms. The van der Waals surface area contributed by atoms with Crippen LogP contribution in [0.25, 0.3) is 11.0 Å². The maximum atomic E-state index is 12.9. The molecule has 144 valence electrons. The average Bonchev–Trinajstić information content (AvgIpc) is 3.08. The lowest BCUT2D eigenvalue weighted by Crippen LogP contribution is -2.35. The van der Waals surface area contributed by atoms with Gasteiger partial charge in [0, 0.05) is 23.9 Å². The number of benzene rings is 1. The molecule has 3 aromatic rings. The highest BCUT2D eigenvalue weighted by Crippen LogP contribution is 2.29. The molecule has 0 unspecified atom stereocenters. The summed E-state index contributed by atoms with van der Waals surface area (Å²) in [5, 5.41) is 3.47. The smallest absolute Gasteiger partial charge is 0.413 e. The number of amides is 2. The second-order valence-electron chi connectivity index (χ2n) is 6.18. The van der Waals surface area contributed by atoms with Crippen LogP contribution in [0.5, 0.6) is 0 Å². The molecule has 0 fully saturated rings. The Morgan fingerprint density at radius 3 is 3.00 bits per heavy atom. The molecule has 8 nitrogen and oxygen atoms in total. The molecular formula is C19H17N3O5S. The Labute approximate surface area is 163 Å². The van der Waals surface area contributed by atoms with Crippen LogP contribution in [0.3, 0.4) is 0 Å². The van der Waals surface area contributed by atoms with Gasteiger partial charge < -0.3 is 14.1 Å². The van der Waals surface area contributed by atoms with Gasteiger partial charge in [0.2, 0.25) is 0 Å². The van der Waals surface area contributed by atoms with Crippen LogP contribution in [0.1, 0.15) is 28.0 Å². The summed E-state index contributed by atoms with van der Waals surface area (Å²) < 4.78 is 10.5. The number of ether oxygens (including phenoxy) is 1. The molecule has 3 heterocycles. The van der Waals surface area contributed by atoms with Gasteiger partial charge in [-0.05, 0) is 19.1 Å². The van der Waals surface area contributed by atoms with Crippen molar-refractivity contribution in [2.24, 2.45) is 0 Å². The summed E-state index contributed by atoms with van der Waals surface area (Å²) in [4.78, 5) is 43.6. The summed E-state index contributed by atoms with van der Waals surface area (Å²) in [5.74, 6) is -0.330. The van der Waals surface area contributed by atoms with E-state index in [-0.39, 0.29) is 23.7 Å². The van der Waals surface area contributed by atoms with E-state index in [0.717, 1.165) is 10.6 Å². The molecule has 2 amide bonds. The van der Waals surface area contributed by atoms with Gasteiger partial charge in [-0.1, -0.05) is 23.5 Å². The summed E-state index contributed by atoms with van der Waals surface area (Å²) in [6.45, 7) is 2.79. The van der Waals surface area contributed by atoms with Crippen LogP contribution in [0.15, 0.2) is 39.5 Å². The Balaban J connectivity index is 1.54. The molecule has 28 heavy (non-hydrogen) atoms. The molecular weight excluding hydrogens is 382 g/mol. The van der Waals surface area contributed by atoms with E-state index in [0.29, 0.717) is 35.6 Å². The van der Waals surface area contributed by atoms with Crippen molar-refractivity contribution in [3.63, 3.8) is 0 Å². The van der Waals surface area contributed by atoms with Gasteiger partial charge in [-0.3, -0.25) is 14.9 Å². The first-order valence-electron chi connectivity index (χ1n) is 8.79. The van der Waals surface area contributed by atoms with Gasteiger partial charge in [-0.15, -0.1) is 0 Å². The number of carbonyl (C=O) groups excluding carboxylic acids is 2. The van der Waals surface area contributed by atoms with Crippen LogP contribution < -0.4 is 10.7 Å². The first-order chi connectivity index (χ1) is 13.5. The van der Waals surface area contributed by atoms with Gasteiger partial charge in [0.05, 0.1) is 24.2 Å². The maximum absolute atomic E-state index is 12.9. The third-order valence-corrected chi connectivity index (χ3v) is 5.35. The minimum Gasteiger partial charge on any atom is -0.451 e. The minimum atomic E-state index is -0.556. The molecule has 1 N–H and O–H groups in total. The Kier molecular flexibility index (Phi) is 4.82. The molecule has 0 aliphatic carbocycles. The van der Waals surface area contributed by atoms with Crippen LogP contribution >= 0.6 is 11.3 Å². The highest BCUT2D eigenvalue weighted by Gasteiger charge is 2.27. The van der Waals surface area contributed by atoms with Crippen molar-refractivity contribution >= 4 is 39.4 Å². The fraction of sp³-hybridized carbons (Fsp3) is 0.263. The molecule has 0 saturated heterocycles. The first-order valence-corrected chi connectivity index (χ1v) is 9.61. The fourth-order valence-electron chi connectivity index (χ4n) is 3.04. The van der Waals surface area contributed by atoms with Crippen LogP contribution in [0.4, 0.5) is 9.93 Å².